The molecule has 1 unspecified atom stereocenters. The molecule has 1 saturated heterocycles. The fourth-order valence-electron chi connectivity index (χ4n) is 5.47. The van der Waals surface area contributed by atoms with E-state index in [1.807, 2.05) is 13.8 Å². The average molecular weight is 588 g/mol. The van der Waals surface area contributed by atoms with Crippen molar-refractivity contribution in [1.82, 2.24) is 28.8 Å². The molecule has 3 aromatic rings. The lowest BCUT2D eigenvalue weighted by molar-refractivity contribution is 0.197. The van der Waals surface area contributed by atoms with E-state index in [4.69, 9.17) is 14.8 Å². The van der Waals surface area contributed by atoms with E-state index in [1.54, 1.807) is 22.7 Å². The number of nitrogens with zero attached hydrogens (tertiary/aromatic N) is 5. The zero-order valence-corrected chi connectivity index (χ0v) is 25.9. The first-order valence-electron chi connectivity index (χ1n) is 15.0. The fraction of sp³-hybridized carbons (Fsp3) is 0.621. The van der Waals surface area contributed by atoms with Crippen LogP contribution in [-0.4, -0.2) is 76.5 Å². The number of aryl methyl sites for hydroxylation is 1. The number of hydrogen-bond donors (Lipinski definition) is 2. The number of imidazole rings is 1. The van der Waals surface area contributed by atoms with Gasteiger partial charge in [-0.3, -0.25) is 9.52 Å². The van der Waals surface area contributed by atoms with Crippen molar-refractivity contribution in [3.8, 4) is 17.1 Å². The molecule has 3 heterocycles. The third-order valence-electron chi connectivity index (χ3n) is 7.86. The molecule has 41 heavy (non-hydrogen) atoms. The van der Waals surface area contributed by atoms with Crippen LogP contribution in [0.25, 0.3) is 16.9 Å². The van der Waals surface area contributed by atoms with E-state index >= 15 is 0 Å². The third kappa shape index (κ3) is 7.10. The first kappa shape index (κ1) is 31.0. The van der Waals surface area contributed by atoms with Gasteiger partial charge in [-0.15, -0.1) is 5.10 Å². The number of rotatable bonds is 14. The molecular weight excluding hydrogens is 542 g/mol. The summed E-state index contributed by atoms with van der Waals surface area (Å²) in [5.41, 5.74) is 1.64. The van der Waals surface area contributed by atoms with Gasteiger partial charge in [-0.2, -0.15) is 12.7 Å². The van der Waals surface area contributed by atoms with Gasteiger partial charge in [0.05, 0.1) is 23.6 Å². The van der Waals surface area contributed by atoms with Gasteiger partial charge in [0.25, 0.3) is 5.56 Å². The van der Waals surface area contributed by atoms with Crippen LogP contribution in [0.2, 0.25) is 0 Å². The number of anilines is 1. The number of unbranched alkanes of at least 4 members (excludes halogenated alkanes) is 3. The highest BCUT2D eigenvalue weighted by Crippen LogP contribution is 2.32. The van der Waals surface area contributed by atoms with E-state index in [0.717, 1.165) is 31.6 Å². The maximum absolute atomic E-state index is 13.3. The molecule has 0 radical (unpaired) electrons. The van der Waals surface area contributed by atoms with Crippen LogP contribution in [0.4, 0.5) is 5.69 Å². The van der Waals surface area contributed by atoms with Gasteiger partial charge in [-0.05, 0) is 51.4 Å². The van der Waals surface area contributed by atoms with Crippen LogP contribution >= 0.6 is 0 Å². The summed E-state index contributed by atoms with van der Waals surface area (Å²) in [6.07, 6.45) is 6.52. The van der Waals surface area contributed by atoms with E-state index in [1.165, 1.54) is 23.6 Å². The molecule has 2 N–H and O–H groups in total. The molecule has 2 aromatic heterocycles. The zero-order chi connectivity index (χ0) is 29.6. The Morgan fingerprint density at radius 2 is 1.83 bits per heavy atom. The third-order valence-corrected chi connectivity index (χ3v) is 9.40. The molecule has 4 rings (SSSR count). The summed E-state index contributed by atoms with van der Waals surface area (Å²) < 4.78 is 38.1. The highest BCUT2D eigenvalue weighted by Gasteiger charge is 2.27. The Morgan fingerprint density at radius 3 is 2.49 bits per heavy atom. The Bertz CT molecular complexity index is 1480. The molecule has 1 aliphatic heterocycles. The molecule has 11 nitrogen and oxygen atoms in total. The lowest BCUT2D eigenvalue weighted by Gasteiger charge is -2.33. The van der Waals surface area contributed by atoms with E-state index in [-0.39, 0.29) is 11.5 Å². The molecule has 1 fully saturated rings. The number of benzene rings is 1. The van der Waals surface area contributed by atoms with E-state index in [0.29, 0.717) is 66.8 Å². The van der Waals surface area contributed by atoms with Crippen LogP contribution in [-0.2, 0) is 10.2 Å². The van der Waals surface area contributed by atoms with Crippen molar-refractivity contribution in [3.63, 3.8) is 0 Å². The molecule has 226 valence electrons. The summed E-state index contributed by atoms with van der Waals surface area (Å²) in [6.45, 7) is 13.7. The van der Waals surface area contributed by atoms with Crippen LogP contribution in [0.1, 0.15) is 83.7 Å². The minimum Gasteiger partial charge on any atom is -0.493 e. The maximum Gasteiger partial charge on any atom is 0.301 e. The SMILES string of the molecule is CCCCCCC(CC)c1nc(C)c2c(=O)[nH]c(-c3cc(NS(=O)(=O)N4CCN(CC)CC4)ccc3OCC)nn12. The van der Waals surface area contributed by atoms with Crippen molar-refractivity contribution in [2.75, 3.05) is 44.1 Å². The standard InChI is InChI=1S/C29H45N7O4S/c1-6-10-11-12-13-22(7-2)28-30-21(5)26-29(37)31-27(32-36(26)28)24-20-23(14-15-25(24)40-9-4)33-41(38,39)35-18-16-34(8-3)17-19-35/h14-15,20,22,33H,6-13,16-19H2,1-5H3,(H,31,32,37). The summed E-state index contributed by atoms with van der Waals surface area (Å²) in [7, 11) is -3.76. The predicted molar refractivity (Wildman–Crippen MR) is 163 cm³/mol. The van der Waals surface area contributed by atoms with Gasteiger partial charge >= 0.3 is 10.2 Å². The Balaban J connectivity index is 1.71. The van der Waals surface area contributed by atoms with Gasteiger partial charge in [0.15, 0.2) is 11.3 Å². The topological polar surface area (TPSA) is 125 Å². The number of H-pyrrole nitrogens is 1. The van der Waals surface area contributed by atoms with Gasteiger partial charge in [-0.25, -0.2) is 9.50 Å². The zero-order valence-electron chi connectivity index (χ0n) is 25.1. The van der Waals surface area contributed by atoms with Crippen molar-refractivity contribution in [3.05, 3.63) is 40.1 Å². The number of aromatic amines is 1. The molecule has 0 aliphatic carbocycles. The number of ether oxygens (including phenoxy) is 1. The normalized spacial score (nSPS) is 15.8. The molecule has 0 amide bonds. The molecular formula is C29H45N7O4S. The predicted octanol–water partition coefficient (Wildman–Crippen LogP) is 4.55. The summed E-state index contributed by atoms with van der Waals surface area (Å²) in [6, 6.07) is 5.04. The van der Waals surface area contributed by atoms with Crippen molar-refractivity contribution in [2.45, 2.75) is 79.1 Å². The molecule has 12 heteroatoms. The van der Waals surface area contributed by atoms with Gasteiger partial charge in [0, 0.05) is 32.1 Å². The van der Waals surface area contributed by atoms with Crippen LogP contribution in [0.3, 0.4) is 0 Å². The maximum atomic E-state index is 13.3. The summed E-state index contributed by atoms with van der Waals surface area (Å²) in [4.78, 5) is 23.3. The number of piperazine rings is 1. The van der Waals surface area contributed by atoms with Crippen molar-refractivity contribution >= 4 is 21.4 Å². The number of aromatic nitrogens is 4. The fourth-order valence-corrected chi connectivity index (χ4v) is 6.67. The molecule has 0 saturated carbocycles. The summed E-state index contributed by atoms with van der Waals surface area (Å²) >= 11 is 0. The minimum atomic E-state index is -3.76. The van der Waals surface area contributed by atoms with Crippen molar-refractivity contribution in [2.24, 2.45) is 0 Å². The van der Waals surface area contributed by atoms with E-state index in [2.05, 4.69) is 35.4 Å². The van der Waals surface area contributed by atoms with E-state index in [9.17, 15) is 13.2 Å². The molecule has 1 atom stereocenters. The molecule has 0 spiro atoms. The number of fused-ring (bicyclic) bond motifs is 1. The number of hydrogen-bond acceptors (Lipinski definition) is 7. The largest absolute Gasteiger partial charge is 0.493 e. The van der Waals surface area contributed by atoms with E-state index < -0.39 is 10.2 Å². The Hall–Kier alpha value is -2.96. The van der Waals surface area contributed by atoms with Crippen molar-refractivity contribution < 1.29 is 13.2 Å². The molecule has 0 bridgehead atoms. The molecule has 1 aromatic carbocycles. The summed E-state index contributed by atoms with van der Waals surface area (Å²) in [5, 5.41) is 4.85. The van der Waals surface area contributed by atoms with Crippen LogP contribution < -0.4 is 15.0 Å². The first-order valence-corrected chi connectivity index (χ1v) is 16.4. The Labute approximate surface area is 243 Å². The lowest BCUT2D eigenvalue weighted by Crippen LogP contribution is -2.50. The first-order chi connectivity index (χ1) is 19.7. The van der Waals surface area contributed by atoms with Crippen LogP contribution in [0, 0.1) is 6.92 Å². The number of nitrogens with one attached hydrogen (secondary N) is 2. The highest BCUT2D eigenvalue weighted by atomic mass is 32.2. The van der Waals surface area contributed by atoms with Crippen LogP contribution in [0.5, 0.6) is 5.75 Å². The highest BCUT2D eigenvalue weighted by molar-refractivity contribution is 7.90. The smallest absolute Gasteiger partial charge is 0.301 e. The second kappa shape index (κ2) is 13.8. The Morgan fingerprint density at radius 1 is 1.07 bits per heavy atom. The second-order valence-electron chi connectivity index (χ2n) is 10.7. The molecule has 1 aliphatic rings. The Kier molecular flexibility index (Phi) is 10.4. The van der Waals surface area contributed by atoms with Gasteiger partial charge < -0.3 is 14.6 Å². The number of likely N-dealkylation sites (N-methyl/N-ethyl adjacent to an activating group) is 1. The quantitative estimate of drug-likeness (QED) is 0.265. The lowest BCUT2D eigenvalue weighted by atomic mass is 9.97. The van der Waals surface area contributed by atoms with Crippen molar-refractivity contribution in [1.29, 1.82) is 0 Å². The van der Waals surface area contributed by atoms with Gasteiger partial charge in [-0.1, -0.05) is 46.5 Å². The van der Waals surface area contributed by atoms with Crippen LogP contribution in [0.15, 0.2) is 23.0 Å². The summed E-state index contributed by atoms with van der Waals surface area (Å²) in [5.74, 6) is 1.75. The van der Waals surface area contributed by atoms with Gasteiger partial charge in [0.2, 0.25) is 0 Å². The minimum absolute atomic E-state index is 0.174. The van der Waals surface area contributed by atoms with Gasteiger partial charge in [0.1, 0.15) is 11.6 Å². The second-order valence-corrected chi connectivity index (χ2v) is 12.3. The monoisotopic (exact) mass is 587 g/mol. The average Bonchev–Trinajstić information content (AvgIpc) is 3.30.